The molecule has 0 saturated heterocycles. The monoisotopic (exact) mass is 656 g/mol. The Kier molecular flexibility index (Phi) is 10.0. The van der Waals surface area contributed by atoms with Crippen molar-refractivity contribution in [3.63, 3.8) is 0 Å². The van der Waals surface area contributed by atoms with E-state index in [0.717, 1.165) is 28.4 Å². The van der Waals surface area contributed by atoms with Crippen molar-refractivity contribution < 1.29 is 32.5 Å². The zero-order valence-electron chi connectivity index (χ0n) is 21.2. The number of nitrogens with one attached hydrogen (secondary N) is 1. The molecule has 1 saturated carbocycles. The van der Waals surface area contributed by atoms with Gasteiger partial charge in [0.05, 0.1) is 25.2 Å². The highest BCUT2D eigenvalue weighted by Crippen LogP contribution is 2.32. The van der Waals surface area contributed by atoms with E-state index >= 15 is 0 Å². The zero-order chi connectivity index (χ0) is 27.1. The third-order valence-corrected chi connectivity index (χ3v) is 9.34. The third kappa shape index (κ3) is 7.26. The van der Waals surface area contributed by atoms with Gasteiger partial charge in [0, 0.05) is 35.0 Å². The predicted octanol–water partition coefficient (Wildman–Crippen LogP) is 3.38. The fraction of sp³-hybridized carbons (Fsp3) is 0.444. The Morgan fingerprint density at radius 2 is 1.84 bits per heavy atom. The van der Waals surface area contributed by atoms with Crippen LogP contribution in [-0.2, 0) is 24.3 Å². The summed E-state index contributed by atoms with van der Waals surface area (Å²) in [6.07, 6.45) is 4.61. The van der Waals surface area contributed by atoms with Crippen molar-refractivity contribution in [3.8, 4) is 5.75 Å². The Morgan fingerprint density at radius 3 is 2.45 bits per heavy atom. The van der Waals surface area contributed by atoms with Crippen LogP contribution in [0.5, 0.6) is 5.75 Å². The summed E-state index contributed by atoms with van der Waals surface area (Å²) in [5.74, 6) is 0.407. The summed E-state index contributed by atoms with van der Waals surface area (Å²) in [6, 6.07) is 14.3. The van der Waals surface area contributed by atoms with Gasteiger partial charge in [-0.2, -0.15) is 4.31 Å². The van der Waals surface area contributed by atoms with Crippen molar-refractivity contribution in [1.82, 2.24) is 9.62 Å². The lowest BCUT2D eigenvalue weighted by Gasteiger charge is -2.32. The minimum Gasteiger partial charge on any atom is -0.497 e. The maximum atomic E-state index is 13.2. The number of amides is 1. The van der Waals surface area contributed by atoms with Crippen LogP contribution in [0.15, 0.2) is 65.3 Å². The first-order chi connectivity index (χ1) is 18.3. The Hall–Kier alpha value is -2.19. The van der Waals surface area contributed by atoms with Crippen LogP contribution < -0.4 is 10.1 Å². The molecule has 11 heteroatoms. The minimum absolute atomic E-state index is 0.0102. The van der Waals surface area contributed by atoms with E-state index in [0.29, 0.717) is 12.2 Å². The molecule has 38 heavy (non-hydrogen) atoms. The highest BCUT2D eigenvalue weighted by atomic mass is 127. The van der Waals surface area contributed by atoms with E-state index in [9.17, 15) is 18.3 Å². The standard InChI is InChI=1S/C27H33IN2O7S/c1-35-23-9-11-24(12-10-23)38(33,34)30(13-15-31)14-16-36-26-18-20(19-5-7-21(28)8-6-19)17-25(37-26)27(32)29-22-3-2-4-22/h5-12,17,20,22,26,31H,2-4,13-16,18H2,1H3,(H,29,32)/t20-,26+/m1/s1. The fourth-order valence-corrected chi connectivity index (χ4v) is 6.09. The molecule has 1 amide bonds. The number of sulfonamides is 1. The topological polar surface area (TPSA) is 114 Å². The molecule has 1 aliphatic carbocycles. The zero-order valence-corrected chi connectivity index (χ0v) is 24.2. The molecule has 9 nitrogen and oxygen atoms in total. The number of aliphatic hydroxyl groups excluding tert-OH is 1. The van der Waals surface area contributed by atoms with Gasteiger partial charge < -0.3 is 24.6 Å². The summed E-state index contributed by atoms with van der Waals surface area (Å²) in [4.78, 5) is 13.0. The van der Waals surface area contributed by atoms with Crippen molar-refractivity contribution in [2.75, 3.05) is 33.4 Å². The number of methoxy groups -OCH3 is 1. The molecule has 1 heterocycles. The normalized spacial score (nSPS) is 19.8. The molecule has 2 aromatic carbocycles. The lowest BCUT2D eigenvalue weighted by Crippen LogP contribution is -2.42. The summed E-state index contributed by atoms with van der Waals surface area (Å²) in [6.45, 7) is -0.380. The average Bonchev–Trinajstić information content (AvgIpc) is 2.90. The number of ether oxygens (including phenoxy) is 3. The van der Waals surface area contributed by atoms with E-state index in [4.69, 9.17) is 14.2 Å². The van der Waals surface area contributed by atoms with E-state index in [1.165, 1.54) is 23.5 Å². The van der Waals surface area contributed by atoms with E-state index in [1.807, 2.05) is 30.3 Å². The van der Waals surface area contributed by atoms with E-state index < -0.39 is 16.3 Å². The Bertz CT molecular complexity index is 1210. The first-order valence-corrected chi connectivity index (χ1v) is 15.1. The van der Waals surface area contributed by atoms with E-state index in [1.54, 1.807) is 12.1 Å². The number of rotatable bonds is 12. The van der Waals surface area contributed by atoms with Crippen LogP contribution in [0.25, 0.3) is 0 Å². The Labute approximate surface area is 237 Å². The molecular formula is C27H33IN2O7S. The van der Waals surface area contributed by atoms with Gasteiger partial charge in [-0.1, -0.05) is 12.1 Å². The van der Waals surface area contributed by atoms with Crippen LogP contribution in [0.1, 0.15) is 37.2 Å². The van der Waals surface area contributed by atoms with Crippen molar-refractivity contribution >= 4 is 38.5 Å². The SMILES string of the molecule is COc1ccc(S(=O)(=O)N(CCO)CCO[C@@H]2C[C@H](c3ccc(I)cc3)C=C(C(=O)NC3CCC3)O2)cc1. The molecule has 1 aliphatic heterocycles. The maximum absolute atomic E-state index is 13.2. The number of carbonyl (C=O) groups excluding carboxylic acids is 1. The number of benzene rings is 2. The van der Waals surface area contributed by atoms with Gasteiger partial charge in [-0.15, -0.1) is 0 Å². The number of hydrogen-bond donors (Lipinski definition) is 2. The molecule has 206 valence electrons. The van der Waals surface area contributed by atoms with Gasteiger partial charge in [0.2, 0.25) is 16.3 Å². The van der Waals surface area contributed by atoms with Gasteiger partial charge in [-0.05, 0) is 89.9 Å². The van der Waals surface area contributed by atoms with Crippen LogP contribution >= 0.6 is 22.6 Å². The number of hydrogen-bond acceptors (Lipinski definition) is 7. The first-order valence-electron chi connectivity index (χ1n) is 12.6. The molecule has 2 N–H and O–H groups in total. The van der Waals surface area contributed by atoms with Gasteiger partial charge in [-0.25, -0.2) is 8.42 Å². The molecular weight excluding hydrogens is 623 g/mol. The molecule has 4 rings (SSSR count). The van der Waals surface area contributed by atoms with Gasteiger partial charge >= 0.3 is 0 Å². The molecule has 1 fully saturated rings. The van der Waals surface area contributed by atoms with Gasteiger partial charge in [0.25, 0.3) is 5.91 Å². The van der Waals surface area contributed by atoms with Crippen LogP contribution in [0.2, 0.25) is 0 Å². The quantitative estimate of drug-likeness (QED) is 0.337. The number of nitrogens with zero attached hydrogens (tertiary/aromatic N) is 1. The molecule has 2 atom stereocenters. The largest absolute Gasteiger partial charge is 0.497 e. The summed E-state index contributed by atoms with van der Waals surface area (Å²) in [5.41, 5.74) is 1.04. The lowest BCUT2D eigenvalue weighted by atomic mass is 9.91. The van der Waals surface area contributed by atoms with Crippen molar-refractivity contribution in [2.24, 2.45) is 0 Å². The maximum Gasteiger partial charge on any atom is 0.286 e. The lowest BCUT2D eigenvalue weighted by molar-refractivity contribution is -0.147. The summed E-state index contributed by atoms with van der Waals surface area (Å²) < 4.78 is 45.6. The molecule has 0 unspecified atom stereocenters. The fourth-order valence-electron chi connectivity index (χ4n) is 4.32. The number of halogens is 1. The molecule has 0 spiro atoms. The molecule has 0 aromatic heterocycles. The van der Waals surface area contributed by atoms with Crippen LogP contribution in [-0.4, -0.2) is 69.5 Å². The van der Waals surface area contributed by atoms with Gasteiger partial charge in [0.1, 0.15) is 5.75 Å². The van der Waals surface area contributed by atoms with Crippen molar-refractivity contribution in [3.05, 3.63) is 69.5 Å². The summed E-state index contributed by atoms with van der Waals surface area (Å²) in [7, 11) is -2.36. The third-order valence-electron chi connectivity index (χ3n) is 6.71. The molecule has 2 aliphatic rings. The molecule has 0 radical (unpaired) electrons. The predicted molar refractivity (Wildman–Crippen MR) is 150 cm³/mol. The summed E-state index contributed by atoms with van der Waals surface area (Å²) >= 11 is 2.25. The smallest absolute Gasteiger partial charge is 0.286 e. The van der Waals surface area contributed by atoms with E-state index in [-0.39, 0.29) is 54.8 Å². The highest BCUT2D eigenvalue weighted by molar-refractivity contribution is 14.1. The summed E-state index contributed by atoms with van der Waals surface area (Å²) in [5, 5.41) is 12.5. The number of carbonyl (C=O) groups is 1. The van der Waals surface area contributed by atoms with Gasteiger partial charge in [0.15, 0.2) is 5.76 Å². The Morgan fingerprint density at radius 1 is 1.13 bits per heavy atom. The average molecular weight is 657 g/mol. The number of allylic oxidation sites excluding steroid dienone is 1. The molecule has 2 aromatic rings. The number of aliphatic hydroxyl groups is 1. The second-order valence-electron chi connectivity index (χ2n) is 9.25. The van der Waals surface area contributed by atoms with Crippen molar-refractivity contribution in [2.45, 2.75) is 48.8 Å². The minimum atomic E-state index is -3.86. The second kappa shape index (κ2) is 13.2. The highest BCUT2D eigenvalue weighted by Gasteiger charge is 2.31. The van der Waals surface area contributed by atoms with Crippen molar-refractivity contribution in [1.29, 1.82) is 0 Å². The first kappa shape index (κ1) is 28.8. The second-order valence-corrected chi connectivity index (χ2v) is 12.4. The molecule has 0 bridgehead atoms. The van der Waals surface area contributed by atoms with Crippen LogP contribution in [0.4, 0.5) is 0 Å². The Balaban J connectivity index is 1.43. The van der Waals surface area contributed by atoms with Gasteiger partial charge in [-0.3, -0.25) is 4.79 Å². The van der Waals surface area contributed by atoms with Crippen LogP contribution in [0, 0.1) is 3.57 Å². The van der Waals surface area contributed by atoms with E-state index in [2.05, 4.69) is 27.9 Å². The van der Waals surface area contributed by atoms with Crippen LogP contribution in [0.3, 0.4) is 0 Å².